The number of pyridine rings is 1. The normalized spacial score (nSPS) is 12.0. The van der Waals surface area contributed by atoms with Crippen LogP contribution in [0, 0.1) is 20.8 Å². The van der Waals surface area contributed by atoms with E-state index in [1.165, 1.54) is 3.97 Å². The summed E-state index contributed by atoms with van der Waals surface area (Å²) in [6, 6.07) is 14.4. The van der Waals surface area contributed by atoms with E-state index in [2.05, 4.69) is 15.9 Å². The first-order chi connectivity index (χ1) is 12.8. The van der Waals surface area contributed by atoms with Crippen LogP contribution in [0.3, 0.4) is 0 Å². The molecule has 0 radical (unpaired) electrons. The quantitative estimate of drug-likeness (QED) is 0.458. The van der Waals surface area contributed by atoms with E-state index in [9.17, 15) is 8.42 Å². The van der Waals surface area contributed by atoms with E-state index in [0.717, 1.165) is 27.2 Å². The first kappa shape index (κ1) is 18.0. The first-order valence-corrected chi connectivity index (χ1v) is 10.7. The molecule has 0 unspecified atom stereocenters. The lowest BCUT2D eigenvalue weighted by atomic mass is 10.2. The van der Waals surface area contributed by atoms with E-state index in [-0.39, 0.29) is 4.90 Å². The summed E-state index contributed by atoms with van der Waals surface area (Å²) < 4.78 is 30.2. The highest BCUT2D eigenvalue weighted by Gasteiger charge is 2.21. The van der Waals surface area contributed by atoms with Gasteiger partial charge in [-0.1, -0.05) is 17.7 Å². The molecule has 4 aromatic rings. The van der Waals surface area contributed by atoms with Crippen LogP contribution in [0.15, 0.2) is 64.1 Å². The minimum atomic E-state index is -3.69. The molecule has 138 valence electrons. The van der Waals surface area contributed by atoms with Crippen molar-refractivity contribution >= 4 is 37.0 Å². The average Bonchev–Trinajstić information content (AvgIpc) is 3.18. The predicted octanol–water partition coefficient (Wildman–Crippen LogP) is 4.75. The van der Waals surface area contributed by atoms with Crippen molar-refractivity contribution in [2.45, 2.75) is 25.7 Å². The van der Waals surface area contributed by atoms with Gasteiger partial charge in [-0.2, -0.15) is 0 Å². The Morgan fingerprint density at radius 2 is 1.56 bits per heavy atom. The Labute approximate surface area is 166 Å². The SMILES string of the molecule is Cc1ccc(S(=O)(=O)n2ccc3nc(-n4c(C)ccc4C)c(Br)cc32)cc1. The number of aryl methyl sites for hydroxylation is 3. The average molecular weight is 444 g/mol. The molecule has 3 aromatic heterocycles. The van der Waals surface area contributed by atoms with Gasteiger partial charge < -0.3 is 4.57 Å². The van der Waals surface area contributed by atoms with Crippen LogP contribution in [0.25, 0.3) is 16.9 Å². The minimum Gasteiger partial charge on any atom is -0.302 e. The summed E-state index contributed by atoms with van der Waals surface area (Å²) in [7, 11) is -3.69. The Balaban J connectivity index is 1.90. The number of nitrogens with zero attached hydrogens (tertiary/aromatic N) is 3. The van der Waals surface area contributed by atoms with E-state index in [0.29, 0.717) is 11.0 Å². The lowest BCUT2D eigenvalue weighted by Gasteiger charge is -2.12. The van der Waals surface area contributed by atoms with Crippen molar-refractivity contribution in [3.05, 3.63) is 76.2 Å². The van der Waals surface area contributed by atoms with Gasteiger partial charge in [-0.3, -0.25) is 0 Å². The Bertz CT molecular complexity index is 1250. The molecule has 7 heteroatoms. The van der Waals surface area contributed by atoms with Crippen molar-refractivity contribution in [1.29, 1.82) is 0 Å². The summed E-state index contributed by atoms with van der Waals surface area (Å²) in [4.78, 5) is 4.96. The van der Waals surface area contributed by atoms with Gasteiger partial charge >= 0.3 is 0 Å². The number of aromatic nitrogens is 3. The smallest absolute Gasteiger partial charge is 0.268 e. The van der Waals surface area contributed by atoms with Crippen LogP contribution in [0.5, 0.6) is 0 Å². The maximum atomic E-state index is 13.1. The molecule has 0 bridgehead atoms. The van der Waals surface area contributed by atoms with Crippen LogP contribution >= 0.6 is 15.9 Å². The molecule has 0 atom stereocenters. The summed E-state index contributed by atoms with van der Waals surface area (Å²) in [5.41, 5.74) is 4.29. The van der Waals surface area contributed by atoms with Gasteiger partial charge in [0, 0.05) is 17.6 Å². The molecule has 4 rings (SSSR count). The highest BCUT2D eigenvalue weighted by Crippen LogP contribution is 2.29. The molecule has 5 nitrogen and oxygen atoms in total. The number of fused-ring (bicyclic) bond motifs is 1. The number of hydrogen-bond donors (Lipinski definition) is 0. The molecule has 0 aliphatic heterocycles. The van der Waals surface area contributed by atoms with Crippen molar-refractivity contribution in [2.24, 2.45) is 0 Å². The second-order valence-electron chi connectivity index (χ2n) is 6.58. The molecule has 0 saturated heterocycles. The van der Waals surface area contributed by atoms with E-state index < -0.39 is 10.0 Å². The van der Waals surface area contributed by atoms with E-state index >= 15 is 0 Å². The first-order valence-electron chi connectivity index (χ1n) is 8.44. The summed E-state index contributed by atoms with van der Waals surface area (Å²) in [6.45, 7) is 5.95. The molecule has 0 aliphatic rings. The van der Waals surface area contributed by atoms with E-state index in [1.54, 1.807) is 36.5 Å². The molecule has 0 saturated carbocycles. The fraction of sp³-hybridized carbons (Fsp3) is 0.150. The van der Waals surface area contributed by atoms with Crippen molar-refractivity contribution in [3.8, 4) is 5.82 Å². The Morgan fingerprint density at radius 3 is 2.19 bits per heavy atom. The standard InChI is InChI=1S/C20H18BrN3O2S/c1-13-4-8-16(9-5-13)27(25,26)23-11-10-18-19(23)12-17(21)20(22-18)24-14(2)6-7-15(24)3/h4-12H,1-3H3. The minimum absolute atomic E-state index is 0.253. The number of benzene rings is 1. The van der Waals surface area contributed by atoms with Crippen molar-refractivity contribution in [3.63, 3.8) is 0 Å². The Hall–Kier alpha value is -2.38. The van der Waals surface area contributed by atoms with Crippen LogP contribution in [-0.2, 0) is 10.0 Å². The third-order valence-electron chi connectivity index (χ3n) is 4.63. The fourth-order valence-electron chi connectivity index (χ4n) is 3.19. The molecule has 1 aromatic carbocycles. The molecular formula is C20H18BrN3O2S. The monoisotopic (exact) mass is 443 g/mol. The third-order valence-corrected chi connectivity index (χ3v) is 6.92. The fourth-order valence-corrected chi connectivity index (χ4v) is 5.01. The largest absolute Gasteiger partial charge is 0.302 e. The molecule has 0 N–H and O–H groups in total. The van der Waals surface area contributed by atoms with E-state index in [4.69, 9.17) is 4.98 Å². The summed E-state index contributed by atoms with van der Waals surface area (Å²) in [5.74, 6) is 0.744. The second kappa shape index (κ2) is 6.35. The van der Waals surface area contributed by atoms with Gasteiger partial charge in [0.05, 0.1) is 20.4 Å². The van der Waals surface area contributed by atoms with Gasteiger partial charge in [0.1, 0.15) is 0 Å². The van der Waals surface area contributed by atoms with Gasteiger partial charge in [0.25, 0.3) is 10.0 Å². The van der Waals surface area contributed by atoms with Gasteiger partial charge in [-0.25, -0.2) is 17.4 Å². The highest BCUT2D eigenvalue weighted by molar-refractivity contribution is 9.10. The lowest BCUT2D eigenvalue weighted by Crippen LogP contribution is -2.12. The molecule has 27 heavy (non-hydrogen) atoms. The van der Waals surface area contributed by atoms with Gasteiger partial charge in [-0.15, -0.1) is 0 Å². The summed E-state index contributed by atoms with van der Waals surface area (Å²) >= 11 is 3.57. The lowest BCUT2D eigenvalue weighted by molar-refractivity contribution is 0.589. The van der Waals surface area contributed by atoms with Crippen LogP contribution in [0.1, 0.15) is 17.0 Å². The topological polar surface area (TPSA) is 56.9 Å². The molecule has 0 fully saturated rings. The Kier molecular flexibility index (Phi) is 4.24. The van der Waals surface area contributed by atoms with Crippen molar-refractivity contribution in [1.82, 2.24) is 13.5 Å². The van der Waals surface area contributed by atoms with Crippen LogP contribution in [-0.4, -0.2) is 21.9 Å². The third kappa shape index (κ3) is 2.91. The summed E-state index contributed by atoms with van der Waals surface area (Å²) in [5, 5.41) is 0. The maximum Gasteiger partial charge on any atom is 0.268 e. The van der Waals surface area contributed by atoms with Crippen LogP contribution < -0.4 is 0 Å². The van der Waals surface area contributed by atoms with Gasteiger partial charge in [0.2, 0.25) is 0 Å². The maximum absolute atomic E-state index is 13.1. The van der Waals surface area contributed by atoms with E-state index in [1.807, 2.05) is 43.5 Å². The van der Waals surface area contributed by atoms with Crippen molar-refractivity contribution < 1.29 is 8.42 Å². The number of rotatable bonds is 3. The van der Waals surface area contributed by atoms with Crippen LogP contribution in [0.2, 0.25) is 0 Å². The number of halogens is 1. The molecule has 0 amide bonds. The molecule has 0 aliphatic carbocycles. The summed E-state index contributed by atoms with van der Waals surface area (Å²) in [6.07, 6.45) is 1.55. The molecule has 3 heterocycles. The van der Waals surface area contributed by atoms with Crippen molar-refractivity contribution in [2.75, 3.05) is 0 Å². The zero-order valence-corrected chi connectivity index (χ0v) is 17.5. The van der Waals surface area contributed by atoms with Crippen LogP contribution in [0.4, 0.5) is 0 Å². The number of hydrogen-bond acceptors (Lipinski definition) is 3. The Morgan fingerprint density at radius 1 is 0.926 bits per heavy atom. The molecular weight excluding hydrogens is 426 g/mol. The predicted molar refractivity (Wildman–Crippen MR) is 110 cm³/mol. The zero-order valence-electron chi connectivity index (χ0n) is 15.1. The second-order valence-corrected chi connectivity index (χ2v) is 9.25. The zero-order chi connectivity index (χ0) is 19.3. The highest BCUT2D eigenvalue weighted by atomic mass is 79.9. The van der Waals surface area contributed by atoms with Gasteiger partial charge in [-0.05, 0) is 73.1 Å². The van der Waals surface area contributed by atoms with Gasteiger partial charge in [0.15, 0.2) is 5.82 Å². The molecule has 0 spiro atoms.